The van der Waals surface area contributed by atoms with Gasteiger partial charge in [-0.25, -0.2) is 9.59 Å². The first-order chi connectivity index (χ1) is 14.0. The Kier molecular flexibility index (Phi) is 3.25. The molecule has 4 aliphatic carbocycles. The van der Waals surface area contributed by atoms with Crippen molar-refractivity contribution in [1.82, 2.24) is 0 Å². The van der Waals surface area contributed by atoms with E-state index in [1.807, 2.05) is 0 Å². The summed E-state index contributed by atoms with van der Waals surface area (Å²) in [5.41, 5.74) is 3.65. The topological polar surface area (TPSA) is 65.1 Å². The molecule has 1 saturated heterocycles. The van der Waals surface area contributed by atoms with Gasteiger partial charge in [0.15, 0.2) is 0 Å². The number of ether oxygens (including phenoxy) is 3. The maximum Gasteiger partial charge on any atom is 0.335 e. The first kappa shape index (κ1) is 17.5. The largest absolute Gasteiger partial charge is 0.466 e. The Hall–Kier alpha value is -2.40. The van der Waals surface area contributed by atoms with Crippen molar-refractivity contribution >= 4 is 18.0 Å². The lowest BCUT2D eigenvalue weighted by molar-refractivity contribution is -0.140. The van der Waals surface area contributed by atoms with Gasteiger partial charge in [-0.2, -0.15) is 0 Å². The number of carbonyl (C=O) groups excluding carboxylic acids is 2. The minimum atomic E-state index is -0.436. The molecule has 4 bridgehead atoms. The number of hydrogen-bond acceptors (Lipinski definition) is 5. The molecular weight excluding hydrogens is 368 g/mol. The average Bonchev–Trinajstić information content (AvgIpc) is 3.03. The van der Waals surface area contributed by atoms with E-state index in [0.29, 0.717) is 23.0 Å². The number of aryl methyl sites for hydroxylation is 1. The fraction of sp³-hybridized carbons (Fsp3) is 0.500. The normalized spacial score (nSPS) is 41.6. The second-order valence-corrected chi connectivity index (χ2v) is 9.13. The zero-order chi connectivity index (χ0) is 20.1. The summed E-state index contributed by atoms with van der Waals surface area (Å²) in [4.78, 5) is 25.7. The third-order valence-electron chi connectivity index (χ3n) is 8.17. The molecule has 5 aliphatic rings. The van der Waals surface area contributed by atoms with E-state index in [1.54, 1.807) is 0 Å². The van der Waals surface area contributed by atoms with E-state index in [1.165, 1.54) is 19.8 Å². The summed E-state index contributed by atoms with van der Waals surface area (Å²) in [5.74, 6) is -0.412. The van der Waals surface area contributed by atoms with E-state index in [4.69, 9.17) is 14.2 Å². The summed E-state index contributed by atoms with van der Waals surface area (Å²) in [5, 5.41) is 0. The fourth-order valence-electron chi connectivity index (χ4n) is 7.29. The maximum atomic E-state index is 12.9. The van der Waals surface area contributed by atoms with E-state index >= 15 is 0 Å². The highest BCUT2D eigenvalue weighted by atomic mass is 16.6. The summed E-state index contributed by atoms with van der Waals surface area (Å²) in [6, 6.07) is 8.33. The number of fused-ring (bicyclic) bond motifs is 4. The van der Waals surface area contributed by atoms with Gasteiger partial charge in [-0.15, -0.1) is 0 Å². The minimum Gasteiger partial charge on any atom is -0.466 e. The van der Waals surface area contributed by atoms with E-state index in [0.717, 1.165) is 30.4 Å². The average molecular weight is 392 g/mol. The number of esters is 2. The molecule has 5 nitrogen and oxygen atoms in total. The van der Waals surface area contributed by atoms with Crippen LogP contribution in [0.5, 0.6) is 0 Å². The van der Waals surface area contributed by atoms with Gasteiger partial charge in [-0.1, -0.05) is 35.9 Å². The molecule has 150 valence electrons. The van der Waals surface area contributed by atoms with Gasteiger partial charge in [0.05, 0.1) is 25.4 Å². The quantitative estimate of drug-likeness (QED) is 0.584. The number of methoxy groups -OCH3 is 2. The van der Waals surface area contributed by atoms with Gasteiger partial charge in [0.25, 0.3) is 0 Å². The van der Waals surface area contributed by atoms with Crippen LogP contribution in [0.4, 0.5) is 0 Å². The van der Waals surface area contributed by atoms with Gasteiger partial charge >= 0.3 is 11.9 Å². The van der Waals surface area contributed by atoms with E-state index in [2.05, 4.69) is 37.3 Å². The molecule has 6 atom stereocenters. The van der Waals surface area contributed by atoms with Crippen molar-refractivity contribution in [3.63, 3.8) is 0 Å². The molecule has 0 unspecified atom stereocenters. The second kappa shape index (κ2) is 5.39. The van der Waals surface area contributed by atoms with Crippen molar-refractivity contribution in [2.24, 2.45) is 23.7 Å². The molecule has 0 spiro atoms. The molecule has 1 aromatic rings. The van der Waals surface area contributed by atoms with Crippen LogP contribution in [0, 0.1) is 30.6 Å². The van der Waals surface area contributed by atoms with Crippen LogP contribution in [0.3, 0.4) is 0 Å². The predicted molar refractivity (Wildman–Crippen MR) is 105 cm³/mol. The van der Waals surface area contributed by atoms with Crippen molar-refractivity contribution in [2.45, 2.75) is 37.4 Å². The van der Waals surface area contributed by atoms with Crippen molar-refractivity contribution < 1.29 is 23.8 Å². The smallest absolute Gasteiger partial charge is 0.335 e. The number of carbonyl (C=O) groups is 2. The summed E-state index contributed by atoms with van der Waals surface area (Å²) >= 11 is 0. The molecule has 3 saturated carbocycles. The predicted octanol–water partition coefficient (Wildman–Crippen LogP) is 3.22. The van der Waals surface area contributed by atoms with Crippen molar-refractivity contribution in [3.05, 3.63) is 52.1 Å². The summed E-state index contributed by atoms with van der Waals surface area (Å²) in [6.45, 7) is 2.06. The van der Waals surface area contributed by atoms with Gasteiger partial charge in [0.1, 0.15) is 11.2 Å². The SMILES string of the molecule is COC(=O)C1=C(C(=O)OC)[C@H]2C(=Cc3ccc(C)cc3)[C@H]1[C@@]13O[C@@]21[C@H]1CC[C@H]3C1. The number of hydrogen-bond donors (Lipinski definition) is 0. The highest BCUT2D eigenvalue weighted by Gasteiger charge is 2.94. The van der Waals surface area contributed by atoms with Gasteiger partial charge < -0.3 is 14.2 Å². The summed E-state index contributed by atoms with van der Waals surface area (Å²) in [7, 11) is 2.75. The molecule has 0 radical (unpaired) electrons. The number of epoxide rings is 1. The minimum absolute atomic E-state index is 0.217. The Morgan fingerprint density at radius 1 is 0.966 bits per heavy atom. The third-order valence-corrected chi connectivity index (χ3v) is 8.17. The second-order valence-electron chi connectivity index (χ2n) is 9.13. The Balaban J connectivity index is 1.57. The third kappa shape index (κ3) is 1.78. The first-order valence-electron chi connectivity index (χ1n) is 10.4. The Morgan fingerprint density at radius 3 is 1.97 bits per heavy atom. The van der Waals surface area contributed by atoms with E-state index in [-0.39, 0.29) is 23.0 Å². The summed E-state index contributed by atoms with van der Waals surface area (Å²) in [6.07, 6.45) is 5.57. The molecule has 5 heteroatoms. The monoisotopic (exact) mass is 392 g/mol. The van der Waals surface area contributed by atoms with Crippen LogP contribution in [0.2, 0.25) is 0 Å². The fourth-order valence-corrected chi connectivity index (χ4v) is 7.29. The number of benzene rings is 1. The zero-order valence-corrected chi connectivity index (χ0v) is 16.9. The van der Waals surface area contributed by atoms with Crippen LogP contribution in [0.25, 0.3) is 6.08 Å². The molecule has 0 N–H and O–H groups in total. The lowest BCUT2D eigenvalue weighted by Crippen LogP contribution is -2.42. The molecule has 4 fully saturated rings. The molecule has 29 heavy (non-hydrogen) atoms. The lowest BCUT2D eigenvalue weighted by atomic mass is 9.69. The standard InChI is InChI=1S/C24H24O5/c1-12-4-6-13(7-5-12)10-16-19-17(21(25)27-2)18(22(26)28-3)20(16)24-15-9-8-14(11-15)23(19,24)29-24/h4-7,10,14-15,19-20H,8-9,11H2,1-3H3/t14-,15-,19+,20+,23-,24+/m0/s1. The van der Waals surface area contributed by atoms with Gasteiger partial charge in [-0.3, -0.25) is 0 Å². The van der Waals surface area contributed by atoms with Crippen LogP contribution in [0.15, 0.2) is 41.0 Å². The van der Waals surface area contributed by atoms with E-state index < -0.39 is 11.9 Å². The van der Waals surface area contributed by atoms with Crippen molar-refractivity contribution in [3.8, 4) is 0 Å². The van der Waals surface area contributed by atoms with E-state index in [9.17, 15) is 9.59 Å². The summed E-state index contributed by atoms with van der Waals surface area (Å²) < 4.78 is 16.8. The number of rotatable bonds is 3. The molecule has 0 amide bonds. The van der Waals surface area contributed by atoms with Crippen LogP contribution >= 0.6 is 0 Å². The van der Waals surface area contributed by atoms with Crippen LogP contribution in [-0.4, -0.2) is 37.4 Å². The lowest BCUT2D eigenvalue weighted by Gasteiger charge is -2.29. The molecule has 1 heterocycles. The maximum absolute atomic E-state index is 12.9. The highest BCUT2D eigenvalue weighted by Crippen LogP contribution is 2.86. The van der Waals surface area contributed by atoms with Crippen LogP contribution in [0.1, 0.15) is 30.4 Å². The molecular formula is C24H24O5. The van der Waals surface area contributed by atoms with Crippen molar-refractivity contribution in [2.75, 3.05) is 14.2 Å². The highest BCUT2D eigenvalue weighted by molar-refractivity contribution is 6.06. The van der Waals surface area contributed by atoms with Gasteiger partial charge in [0, 0.05) is 11.8 Å². The molecule has 1 aliphatic heterocycles. The molecule has 1 aromatic carbocycles. The molecule has 0 aromatic heterocycles. The Bertz CT molecular complexity index is 964. The Morgan fingerprint density at radius 2 is 1.48 bits per heavy atom. The Labute approximate surface area is 169 Å². The van der Waals surface area contributed by atoms with Gasteiger partial charge in [-0.05, 0) is 49.2 Å². The van der Waals surface area contributed by atoms with Crippen LogP contribution in [-0.2, 0) is 23.8 Å². The zero-order valence-electron chi connectivity index (χ0n) is 16.9. The van der Waals surface area contributed by atoms with Crippen LogP contribution < -0.4 is 0 Å². The van der Waals surface area contributed by atoms with Gasteiger partial charge in [0.2, 0.25) is 0 Å². The molecule has 6 rings (SSSR count). The van der Waals surface area contributed by atoms with Crippen molar-refractivity contribution in [1.29, 1.82) is 0 Å². The first-order valence-corrected chi connectivity index (χ1v) is 10.4.